The summed E-state index contributed by atoms with van der Waals surface area (Å²) in [7, 11) is 1.59. The predicted octanol–water partition coefficient (Wildman–Crippen LogP) is 2.23. The van der Waals surface area contributed by atoms with Crippen LogP contribution in [0.15, 0.2) is 4.99 Å². The molecular weight excluding hydrogens is 334 g/mol. The van der Waals surface area contributed by atoms with E-state index in [4.69, 9.17) is 0 Å². The second kappa shape index (κ2) is 7.18. The smallest absolute Gasteiger partial charge is 0.356 e. The average Bonchev–Trinajstić information content (AvgIpc) is 2.63. The van der Waals surface area contributed by atoms with Crippen molar-refractivity contribution in [2.24, 2.45) is 4.99 Å². The van der Waals surface area contributed by atoms with Crippen LogP contribution in [0.3, 0.4) is 0 Å². The summed E-state index contributed by atoms with van der Waals surface area (Å²) >= 11 is 0. The van der Waals surface area contributed by atoms with Gasteiger partial charge in [-0.25, -0.2) is 0 Å². The summed E-state index contributed by atoms with van der Waals surface area (Å²) in [5.74, 6) is 0.580. The van der Waals surface area contributed by atoms with Crippen LogP contribution in [0.1, 0.15) is 19.3 Å². The lowest BCUT2D eigenvalue weighted by molar-refractivity contribution is -0.132. The first-order valence-corrected chi connectivity index (χ1v) is 5.05. The van der Waals surface area contributed by atoms with Crippen LogP contribution < -0.4 is 5.32 Å². The minimum absolute atomic E-state index is 0. The molecule has 16 heavy (non-hydrogen) atoms. The summed E-state index contributed by atoms with van der Waals surface area (Å²) in [5.41, 5.74) is 0. The number of aliphatic imine (C=N–C) groups is 1. The summed E-state index contributed by atoms with van der Waals surface area (Å²) in [6.45, 7) is 1.66. The number of hydrogen-bond donors (Lipinski definition) is 1. The molecule has 0 atom stereocenters. The minimum atomic E-state index is -4.10. The van der Waals surface area contributed by atoms with Gasteiger partial charge in [0.25, 0.3) is 0 Å². The van der Waals surface area contributed by atoms with E-state index < -0.39 is 12.6 Å². The molecule has 0 radical (unpaired) electrons. The first-order chi connectivity index (χ1) is 7.03. The first-order valence-electron chi connectivity index (χ1n) is 5.05. The standard InChI is InChI=1S/C9H16F3N3.HI/c1-13-8(15-6-2-3-7-15)14-5-4-9(10,11)12;/h2-7H2,1H3,(H,13,14);1H. The van der Waals surface area contributed by atoms with E-state index in [-0.39, 0.29) is 30.5 Å². The van der Waals surface area contributed by atoms with Crippen molar-refractivity contribution < 1.29 is 13.2 Å². The van der Waals surface area contributed by atoms with Gasteiger partial charge in [-0.05, 0) is 12.8 Å². The predicted molar refractivity (Wildman–Crippen MR) is 68.3 cm³/mol. The van der Waals surface area contributed by atoms with Crippen LogP contribution in [0.25, 0.3) is 0 Å². The van der Waals surface area contributed by atoms with E-state index in [1.165, 1.54) is 0 Å². The Kier molecular flexibility index (Phi) is 7.09. The Morgan fingerprint density at radius 3 is 2.31 bits per heavy atom. The molecule has 0 bridgehead atoms. The van der Waals surface area contributed by atoms with Gasteiger partial charge < -0.3 is 10.2 Å². The van der Waals surface area contributed by atoms with Crippen molar-refractivity contribution in [1.82, 2.24) is 10.2 Å². The lowest BCUT2D eigenvalue weighted by Gasteiger charge is -2.21. The number of nitrogens with zero attached hydrogens (tertiary/aromatic N) is 2. The van der Waals surface area contributed by atoms with E-state index >= 15 is 0 Å². The van der Waals surface area contributed by atoms with Gasteiger partial charge in [0.2, 0.25) is 0 Å². The van der Waals surface area contributed by atoms with Gasteiger partial charge >= 0.3 is 6.18 Å². The van der Waals surface area contributed by atoms with E-state index in [2.05, 4.69) is 10.3 Å². The summed E-state index contributed by atoms with van der Waals surface area (Å²) in [4.78, 5) is 5.94. The monoisotopic (exact) mass is 351 g/mol. The summed E-state index contributed by atoms with van der Waals surface area (Å²) in [5, 5.41) is 2.72. The third-order valence-corrected chi connectivity index (χ3v) is 2.31. The molecule has 1 aliphatic rings. The fraction of sp³-hybridized carbons (Fsp3) is 0.889. The topological polar surface area (TPSA) is 27.6 Å². The van der Waals surface area contributed by atoms with E-state index in [9.17, 15) is 13.2 Å². The summed E-state index contributed by atoms with van der Waals surface area (Å²) in [6.07, 6.45) is -2.75. The van der Waals surface area contributed by atoms with Crippen LogP contribution in [-0.4, -0.2) is 43.7 Å². The zero-order chi connectivity index (χ0) is 11.3. The van der Waals surface area contributed by atoms with E-state index in [1.807, 2.05) is 4.90 Å². The number of alkyl halides is 3. The van der Waals surface area contributed by atoms with Crippen LogP contribution in [0, 0.1) is 0 Å². The molecule has 0 aromatic heterocycles. The fourth-order valence-electron chi connectivity index (χ4n) is 1.58. The molecule has 96 valence electrons. The van der Waals surface area contributed by atoms with Crippen LogP contribution in [-0.2, 0) is 0 Å². The van der Waals surface area contributed by atoms with E-state index in [0.717, 1.165) is 25.9 Å². The van der Waals surface area contributed by atoms with Gasteiger partial charge in [0.05, 0.1) is 6.42 Å². The zero-order valence-electron chi connectivity index (χ0n) is 9.18. The Bertz CT molecular complexity index is 225. The molecule has 0 amide bonds. The molecule has 0 aliphatic carbocycles. The van der Waals surface area contributed by atoms with Crippen molar-refractivity contribution in [2.45, 2.75) is 25.4 Å². The van der Waals surface area contributed by atoms with Gasteiger partial charge in [0.15, 0.2) is 5.96 Å². The normalized spacial score (nSPS) is 17.2. The van der Waals surface area contributed by atoms with Gasteiger partial charge in [0, 0.05) is 26.7 Å². The van der Waals surface area contributed by atoms with Gasteiger partial charge in [-0.15, -0.1) is 24.0 Å². The number of nitrogens with one attached hydrogen (secondary N) is 1. The molecule has 1 aliphatic heterocycles. The molecule has 0 saturated carbocycles. The lowest BCUT2D eigenvalue weighted by atomic mass is 10.4. The van der Waals surface area contributed by atoms with Gasteiger partial charge in [-0.2, -0.15) is 13.2 Å². The van der Waals surface area contributed by atoms with Crippen LogP contribution in [0.4, 0.5) is 13.2 Å². The maximum absolute atomic E-state index is 11.9. The lowest BCUT2D eigenvalue weighted by Crippen LogP contribution is -2.40. The number of halogens is 4. The maximum atomic E-state index is 11.9. The Balaban J connectivity index is 0.00000225. The van der Waals surface area contributed by atoms with Crippen molar-refractivity contribution in [3.05, 3.63) is 0 Å². The largest absolute Gasteiger partial charge is 0.390 e. The van der Waals surface area contributed by atoms with E-state index in [1.54, 1.807) is 7.05 Å². The summed E-state index contributed by atoms with van der Waals surface area (Å²) in [6, 6.07) is 0. The SMILES string of the molecule is CN=C(NCCC(F)(F)F)N1CCCC1.I. The molecule has 3 nitrogen and oxygen atoms in total. The fourth-order valence-corrected chi connectivity index (χ4v) is 1.58. The van der Waals surface area contributed by atoms with Gasteiger partial charge in [-0.3, -0.25) is 4.99 Å². The summed E-state index contributed by atoms with van der Waals surface area (Å²) < 4.78 is 35.7. The van der Waals surface area contributed by atoms with Gasteiger partial charge in [-0.1, -0.05) is 0 Å². The Hall–Kier alpha value is -0.210. The Morgan fingerprint density at radius 2 is 1.88 bits per heavy atom. The van der Waals surface area contributed by atoms with Crippen LogP contribution in [0.5, 0.6) is 0 Å². The highest BCUT2D eigenvalue weighted by molar-refractivity contribution is 14.0. The second-order valence-corrected chi connectivity index (χ2v) is 3.53. The quantitative estimate of drug-likeness (QED) is 0.470. The average molecular weight is 351 g/mol. The molecule has 1 saturated heterocycles. The molecule has 7 heteroatoms. The molecule has 0 unspecified atom stereocenters. The van der Waals surface area contributed by atoms with Crippen molar-refractivity contribution in [3.63, 3.8) is 0 Å². The number of hydrogen-bond acceptors (Lipinski definition) is 1. The van der Waals surface area contributed by atoms with Crippen molar-refractivity contribution >= 4 is 29.9 Å². The van der Waals surface area contributed by atoms with Crippen molar-refractivity contribution in [1.29, 1.82) is 0 Å². The molecule has 1 N–H and O–H groups in total. The number of rotatable bonds is 2. The van der Waals surface area contributed by atoms with Crippen LogP contribution in [0.2, 0.25) is 0 Å². The molecule has 1 rings (SSSR count). The van der Waals surface area contributed by atoms with E-state index in [0.29, 0.717) is 5.96 Å². The van der Waals surface area contributed by atoms with Crippen molar-refractivity contribution in [2.75, 3.05) is 26.7 Å². The van der Waals surface area contributed by atoms with Crippen LogP contribution >= 0.6 is 24.0 Å². The molecule has 1 heterocycles. The van der Waals surface area contributed by atoms with Crippen molar-refractivity contribution in [3.8, 4) is 0 Å². The molecule has 1 fully saturated rings. The number of guanidine groups is 1. The number of likely N-dealkylation sites (tertiary alicyclic amines) is 1. The highest BCUT2D eigenvalue weighted by Crippen LogP contribution is 2.18. The third kappa shape index (κ3) is 5.76. The highest BCUT2D eigenvalue weighted by Gasteiger charge is 2.26. The molecule has 0 aromatic rings. The second-order valence-electron chi connectivity index (χ2n) is 3.53. The maximum Gasteiger partial charge on any atom is 0.390 e. The Labute approximate surface area is 110 Å². The molecular formula is C9H17F3IN3. The van der Waals surface area contributed by atoms with Gasteiger partial charge in [0.1, 0.15) is 0 Å². The minimum Gasteiger partial charge on any atom is -0.356 e. The third-order valence-electron chi connectivity index (χ3n) is 2.31. The molecule has 0 aromatic carbocycles. The zero-order valence-corrected chi connectivity index (χ0v) is 11.5. The molecule has 0 spiro atoms. The Morgan fingerprint density at radius 1 is 1.31 bits per heavy atom. The highest BCUT2D eigenvalue weighted by atomic mass is 127. The first kappa shape index (κ1) is 15.8.